The van der Waals surface area contributed by atoms with Gasteiger partial charge in [-0.25, -0.2) is 0 Å². The molecule has 29 heavy (non-hydrogen) atoms. The van der Waals surface area contributed by atoms with Gasteiger partial charge in [0, 0.05) is 56.2 Å². The molecular formula is C22H29N3O4. The summed E-state index contributed by atoms with van der Waals surface area (Å²) in [5.74, 6) is 1.56. The van der Waals surface area contributed by atoms with Crippen LogP contribution in [0.15, 0.2) is 12.3 Å². The van der Waals surface area contributed by atoms with E-state index in [1.807, 2.05) is 17.2 Å². The first kappa shape index (κ1) is 18.9. The molecule has 0 atom stereocenters. The molecule has 0 radical (unpaired) electrons. The highest BCUT2D eigenvalue weighted by atomic mass is 16.5. The van der Waals surface area contributed by atoms with Crippen LogP contribution in [0.4, 0.5) is 0 Å². The number of fused-ring (bicyclic) bond motifs is 1. The van der Waals surface area contributed by atoms with Crippen LogP contribution in [-0.4, -0.2) is 70.1 Å². The lowest BCUT2D eigenvalue weighted by atomic mass is 9.78. The molecule has 3 fully saturated rings. The van der Waals surface area contributed by atoms with Crippen molar-refractivity contribution >= 4 is 11.8 Å². The first-order valence-corrected chi connectivity index (χ1v) is 11.0. The molecule has 2 aliphatic heterocycles. The monoisotopic (exact) mass is 399 g/mol. The molecule has 0 aromatic carbocycles. The van der Waals surface area contributed by atoms with Crippen molar-refractivity contribution < 1.29 is 19.4 Å². The number of carbonyl (C=O) groups is 2. The molecule has 3 heterocycles. The second-order valence-electron chi connectivity index (χ2n) is 8.97. The van der Waals surface area contributed by atoms with Gasteiger partial charge in [-0.2, -0.15) is 0 Å². The average molecular weight is 399 g/mol. The molecule has 7 nitrogen and oxygen atoms in total. The summed E-state index contributed by atoms with van der Waals surface area (Å²) in [4.78, 5) is 33.6. The number of ether oxygens (including phenoxy) is 1. The van der Waals surface area contributed by atoms with Gasteiger partial charge >= 0.3 is 0 Å². The number of aromatic nitrogens is 1. The lowest BCUT2D eigenvalue weighted by Gasteiger charge is -2.38. The molecule has 5 rings (SSSR count). The molecule has 0 spiro atoms. The van der Waals surface area contributed by atoms with Crippen LogP contribution >= 0.6 is 0 Å². The van der Waals surface area contributed by atoms with Crippen LogP contribution in [0.5, 0.6) is 5.75 Å². The summed E-state index contributed by atoms with van der Waals surface area (Å²) in [5, 5.41) is 10.0. The summed E-state index contributed by atoms with van der Waals surface area (Å²) in [6.45, 7) is 2.95. The molecule has 1 saturated heterocycles. The molecule has 1 N–H and O–H groups in total. The fourth-order valence-corrected chi connectivity index (χ4v) is 5.12. The molecule has 2 amide bonds. The quantitative estimate of drug-likeness (QED) is 0.833. The first-order chi connectivity index (χ1) is 14.0. The lowest BCUT2D eigenvalue weighted by Crippen LogP contribution is -2.54. The van der Waals surface area contributed by atoms with Gasteiger partial charge in [0.05, 0.1) is 12.3 Å². The Balaban J connectivity index is 1.14. The van der Waals surface area contributed by atoms with Gasteiger partial charge in [0.25, 0.3) is 5.91 Å². The predicted molar refractivity (Wildman–Crippen MR) is 105 cm³/mol. The third-order valence-electron chi connectivity index (χ3n) is 7.12. The summed E-state index contributed by atoms with van der Waals surface area (Å²) < 4.78 is 5.67. The molecule has 7 heteroatoms. The van der Waals surface area contributed by atoms with E-state index in [1.54, 1.807) is 4.90 Å². The fourth-order valence-electron chi connectivity index (χ4n) is 5.12. The molecule has 1 aromatic heterocycles. The topological polar surface area (TPSA) is 83.0 Å². The van der Waals surface area contributed by atoms with Gasteiger partial charge in [-0.05, 0) is 44.6 Å². The Morgan fingerprint density at radius 2 is 1.76 bits per heavy atom. The number of nitrogens with zero attached hydrogens (tertiary/aromatic N) is 3. The van der Waals surface area contributed by atoms with Crippen molar-refractivity contribution in [2.45, 2.75) is 56.5 Å². The van der Waals surface area contributed by atoms with E-state index in [0.29, 0.717) is 44.9 Å². The summed E-state index contributed by atoms with van der Waals surface area (Å²) in [6.07, 6.45) is 7.70. The minimum Gasteiger partial charge on any atom is -0.493 e. The van der Waals surface area contributed by atoms with Crippen molar-refractivity contribution in [1.82, 2.24) is 14.8 Å². The number of hydrogen-bond acceptors (Lipinski definition) is 5. The molecule has 1 aromatic rings. The standard InChI is InChI=1S/C22H29N3O4/c26-20(24-10-12-25(13-11-24)21(27)22(28)7-8-22)16-3-1-15(2-4-16)19-17-6-14-29-18(17)5-9-23-19/h5,9,15-16,28H,1-4,6-8,10-14H2. The van der Waals surface area contributed by atoms with Gasteiger partial charge in [-0.3, -0.25) is 14.6 Å². The zero-order chi connectivity index (χ0) is 20.0. The van der Waals surface area contributed by atoms with E-state index in [-0.39, 0.29) is 17.7 Å². The van der Waals surface area contributed by atoms with Crippen molar-refractivity contribution in [3.05, 3.63) is 23.5 Å². The molecule has 0 unspecified atom stereocenters. The number of pyridine rings is 1. The van der Waals surface area contributed by atoms with Gasteiger partial charge < -0.3 is 19.6 Å². The van der Waals surface area contributed by atoms with Gasteiger partial charge in [0.1, 0.15) is 11.4 Å². The lowest BCUT2D eigenvalue weighted by molar-refractivity contribution is -0.148. The van der Waals surface area contributed by atoms with Crippen LogP contribution < -0.4 is 4.74 Å². The first-order valence-electron chi connectivity index (χ1n) is 11.0. The maximum atomic E-state index is 13.0. The number of piperazine rings is 1. The van der Waals surface area contributed by atoms with Crippen molar-refractivity contribution in [1.29, 1.82) is 0 Å². The van der Waals surface area contributed by atoms with Crippen LogP contribution in [0.3, 0.4) is 0 Å². The van der Waals surface area contributed by atoms with Gasteiger partial charge in [-0.1, -0.05) is 0 Å². The zero-order valence-corrected chi connectivity index (χ0v) is 16.8. The van der Waals surface area contributed by atoms with Crippen LogP contribution in [-0.2, 0) is 16.0 Å². The van der Waals surface area contributed by atoms with E-state index >= 15 is 0 Å². The van der Waals surface area contributed by atoms with Crippen molar-refractivity contribution in [3.8, 4) is 5.75 Å². The summed E-state index contributed by atoms with van der Waals surface area (Å²) in [7, 11) is 0. The Labute approximate surface area is 171 Å². The summed E-state index contributed by atoms with van der Waals surface area (Å²) >= 11 is 0. The van der Waals surface area contributed by atoms with Crippen LogP contribution in [0.25, 0.3) is 0 Å². The smallest absolute Gasteiger partial charge is 0.254 e. The second kappa shape index (κ2) is 7.27. The second-order valence-corrected chi connectivity index (χ2v) is 8.97. The van der Waals surface area contributed by atoms with Crippen LogP contribution in [0.2, 0.25) is 0 Å². The van der Waals surface area contributed by atoms with E-state index < -0.39 is 5.60 Å². The van der Waals surface area contributed by atoms with Gasteiger partial charge in [0.15, 0.2) is 0 Å². The minimum absolute atomic E-state index is 0.0779. The van der Waals surface area contributed by atoms with Gasteiger partial charge in [0.2, 0.25) is 5.91 Å². The highest BCUT2D eigenvalue weighted by Crippen LogP contribution is 2.40. The fraction of sp³-hybridized carbons (Fsp3) is 0.682. The molecular weight excluding hydrogens is 370 g/mol. The third-order valence-corrected chi connectivity index (χ3v) is 7.12. The maximum absolute atomic E-state index is 13.0. The SMILES string of the molecule is O=C(C1CCC(c2nccc3c2CCO3)CC1)N1CCN(C(=O)C2(O)CC2)CC1. The van der Waals surface area contributed by atoms with Crippen molar-refractivity contribution in [2.75, 3.05) is 32.8 Å². The number of amides is 2. The van der Waals surface area contributed by atoms with E-state index in [9.17, 15) is 14.7 Å². The average Bonchev–Trinajstić information content (AvgIpc) is 3.33. The Bertz CT molecular complexity index is 806. The number of hydrogen-bond donors (Lipinski definition) is 1. The van der Waals surface area contributed by atoms with Crippen molar-refractivity contribution in [3.63, 3.8) is 0 Å². The predicted octanol–water partition coefficient (Wildman–Crippen LogP) is 1.49. The van der Waals surface area contributed by atoms with Crippen LogP contribution in [0, 0.1) is 5.92 Å². The summed E-state index contributed by atoms with van der Waals surface area (Å²) in [5.41, 5.74) is 1.33. The molecule has 2 aliphatic carbocycles. The third kappa shape index (κ3) is 3.50. The number of rotatable bonds is 3. The minimum atomic E-state index is -1.11. The normalized spacial score (nSPS) is 27.9. The molecule has 2 saturated carbocycles. The highest BCUT2D eigenvalue weighted by Gasteiger charge is 2.50. The van der Waals surface area contributed by atoms with E-state index in [0.717, 1.165) is 44.5 Å². The zero-order valence-electron chi connectivity index (χ0n) is 16.8. The largest absolute Gasteiger partial charge is 0.493 e. The molecule has 156 valence electrons. The Morgan fingerprint density at radius 3 is 2.45 bits per heavy atom. The van der Waals surface area contributed by atoms with E-state index in [1.165, 1.54) is 11.3 Å². The van der Waals surface area contributed by atoms with E-state index in [2.05, 4.69) is 4.98 Å². The highest BCUT2D eigenvalue weighted by molar-refractivity contribution is 5.88. The number of carbonyl (C=O) groups excluding carboxylic acids is 2. The van der Waals surface area contributed by atoms with Crippen LogP contribution in [0.1, 0.15) is 55.7 Å². The maximum Gasteiger partial charge on any atom is 0.254 e. The number of aliphatic hydroxyl groups is 1. The Hall–Kier alpha value is -2.15. The van der Waals surface area contributed by atoms with Crippen molar-refractivity contribution in [2.24, 2.45) is 5.92 Å². The van der Waals surface area contributed by atoms with E-state index in [4.69, 9.17) is 4.74 Å². The molecule has 4 aliphatic rings. The summed E-state index contributed by atoms with van der Waals surface area (Å²) in [6, 6.07) is 1.95. The Morgan fingerprint density at radius 1 is 1.07 bits per heavy atom. The molecule has 0 bridgehead atoms. The Kier molecular flexibility index (Phi) is 4.73. The van der Waals surface area contributed by atoms with Gasteiger partial charge in [-0.15, -0.1) is 0 Å².